The first-order valence-electron chi connectivity index (χ1n) is 6.80. The van der Waals surface area contributed by atoms with Crippen LogP contribution in [0.15, 0.2) is 35.7 Å². The van der Waals surface area contributed by atoms with Crippen molar-refractivity contribution >= 4 is 29.7 Å². The summed E-state index contributed by atoms with van der Waals surface area (Å²) in [6.07, 6.45) is 0. The number of amides is 1. The maximum absolute atomic E-state index is 12.6. The van der Waals surface area contributed by atoms with Crippen molar-refractivity contribution in [1.82, 2.24) is 10.2 Å². The molecule has 3 nitrogen and oxygen atoms in total. The van der Waals surface area contributed by atoms with Crippen molar-refractivity contribution in [1.29, 1.82) is 0 Å². The van der Waals surface area contributed by atoms with E-state index in [1.54, 1.807) is 11.3 Å². The van der Waals surface area contributed by atoms with E-state index in [4.69, 9.17) is 0 Å². The number of fused-ring (bicyclic) bond motifs is 1. The lowest BCUT2D eigenvalue weighted by atomic mass is 10.1. The summed E-state index contributed by atoms with van der Waals surface area (Å²) in [5, 5.41) is 5.35. The molecule has 3 rings (SSSR count). The van der Waals surface area contributed by atoms with E-state index < -0.39 is 0 Å². The van der Waals surface area contributed by atoms with Gasteiger partial charge in [-0.15, -0.1) is 23.7 Å². The number of carbonyl (C=O) groups excluding carboxylic acids is 1. The van der Waals surface area contributed by atoms with Crippen LogP contribution >= 0.6 is 23.7 Å². The highest BCUT2D eigenvalue weighted by Crippen LogP contribution is 2.25. The number of nitrogens with zero attached hydrogens (tertiary/aromatic N) is 1. The minimum atomic E-state index is 0. The van der Waals surface area contributed by atoms with Crippen LogP contribution in [-0.4, -0.2) is 17.9 Å². The fourth-order valence-electron chi connectivity index (χ4n) is 2.53. The molecule has 0 radical (unpaired) electrons. The SMILES string of the molecule is CC(c1cccs1)N(C)C(=O)c1ccc2c(c1)CNC2.Cl. The van der Waals surface area contributed by atoms with Crippen LogP contribution < -0.4 is 5.32 Å². The number of carbonyl (C=O) groups is 1. The number of nitrogens with one attached hydrogen (secondary N) is 1. The summed E-state index contributed by atoms with van der Waals surface area (Å²) in [5.74, 6) is 0.0839. The normalized spacial score (nSPS) is 14.2. The molecule has 1 unspecified atom stereocenters. The molecule has 1 aliphatic rings. The highest BCUT2D eigenvalue weighted by molar-refractivity contribution is 7.10. The molecule has 1 amide bonds. The molecule has 0 saturated carbocycles. The van der Waals surface area contributed by atoms with E-state index in [-0.39, 0.29) is 24.4 Å². The molecule has 0 aliphatic carbocycles. The van der Waals surface area contributed by atoms with Crippen LogP contribution in [0.1, 0.15) is 39.3 Å². The quantitative estimate of drug-likeness (QED) is 0.936. The second-order valence-electron chi connectivity index (χ2n) is 5.19. The minimum Gasteiger partial charge on any atom is -0.334 e. The van der Waals surface area contributed by atoms with Crippen molar-refractivity contribution in [2.75, 3.05) is 7.05 Å². The molecular formula is C16H19ClN2OS. The average Bonchev–Trinajstić information content (AvgIpc) is 3.14. The Morgan fingerprint density at radius 1 is 1.29 bits per heavy atom. The molecule has 0 bridgehead atoms. The molecule has 2 heterocycles. The van der Waals surface area contributed by atoms with Crippen molar-refractivity contribution in [3.63, 3.8) is 0 Å². The predicted molar refractivity (Wildman–Crippen MR) is 89.1 cm³/mol. The monoisotopic (exact) mass is 322 g/mol. The van der Waals surface area contributed by atoms with Crippen LogP contribution in [0.4, 0.5) is 0 Å². The molecule has 1 aromatic carbocycles. The third-order valence-corrected chi connectivity index (χ3v) is 4.98. The molecule has 2 aromatic rings. The lowest BCUT2D eigenvalue weighted by Crippen LogP contribution is -2.29. The molecular weight excluding hydrogens is 304 g/mol. The topological polar surface area (TPSA) is 32.3 Å². The minimum absolute atomic E-state index is 0. The van der Waals surface area contributed by atoms with Gasteiger partial charge in [-0.25, -0.2) is 0 Å². The summed E-state index contributed by atoms with van der Waals surface area (Å²) in [5.41, 5.74) is 3.32. The van der Waals surface area contributed by atoms with Crippen molar-refractivity contribution in [3.8, 4) is 0 Å². The van der Waals surface area contributed by atoms with Crippen molar-refractivity contribution < 1.29 is 4.79 Å². The Hall–Kier alpha value is -1.36. The third-order valence-electron chi connectivity index (χ3n) is 3.94. The van der Waals surface area contributed by atoms with E-state index in [0.29, 0.717) is 0 Å². The van der Waals surface area contributed by atoms with Gasteiger partial charge in [0.2, 0.25) is 0 Å². The van der Waals surface area contributed by atoms with E-state index in [0.717, 1.165) is 18.7 Å². The maximum atomic E-state index is 12.6. The Balaban J connectivity index is 0.00000161. The Labute approximate surface area is 135 Å². The van der Waals surface area contributed by atoms with Crippen molar-refractivity contribution in [2.24, 2.45) is 0 Å². The Morgan fingerprint density at radius 3 is 2.76 bits per heavy atom. The summed E-state index contributed by atoms with van der Waals surface area (Å²) in [7, 11) is 1.87. The summed E-state index contributed by atoms with van der Waals surface area (Å²) in [4.78, 5) is 15.6. The van der Waals surface area contributed by atoms with Gasteiger partial charge < -0.3 is 10.2 Å². The van der Waals surface area contributed by atoms with Gasteiger partial charge in [-0.2, -0.15) is 0 Å². The number of hydrogen-bond donors (Lipinski definition) is 1. The first-order valence-corrected chi connectivity index (χ1v) is 7.68. The zero-order valence-electron chi connectivity index (χ0n) is 12.1. The zero-order chi connectivity index (χ0) is 14.1. The van der Waals surface area contributed by atoms with Crippen molar-refractivity contribution in [2.45, 2.75) is 26.1 Å². The predicted octanol–water partition coefficient (Wildman–Crippen LogP) is 3.61. The Kier molecular flexibility index (Phi) is 5.04. The van der Waals surface area contributed by atoms with Gasteiger partial charge in [-0.3, -0.25) is 4.79 Å². The van der Waals surface area contributed by atoms with Crippen LogP contribution in [0.3, 0.4) is 0 Å². The lowest BCUT2D eigenvalue weighted by molar-refractivity contribution is 0.0745. The van der Waals surface area contributed by atoms with E-state index >= 15 is 0 Å². The largest absolute Gasteiger partial charge is 0.334 e. The van der Waals surface area contributed by atoms with E-state index in [1.165, 1.54) is 16.0 Å². The first kappa shape index (κ1) is 16.0. The van der Waals surface area contributed by atoms with Crippen molar-refractivity contribution in [3.05, 3.63) is 57.3 Å². The van der Waals surface area contributed by atoms with Gasteiger partial charge >= 0.3 is 0 Å². The maximum Gasteiger partial charge on any atom is 0.254 e. The van der Waals surface area contributed by atoms with Gasteiger partial charge in [0.15, 0.2) is 0 Å². The molecule has 1 aromatic heterocycles. The standard InChI is InChI=1S/C16H18N2OS.ClH/c1-11(15-4-3-7-20-15)18(2)16(19)12-5-6-13-9-17-10-14(13)8-12;/h3-8,11,17H,9-10H2,1-2H3;1H. The Bertz CT molecular complexity index is 627. The van der Waals surface area contributed by atoms with Gasteiger partial charge in [0.25, 0.3) is 5.91 Å². The second kappa shape index (κ2) is 6.60. The summed E-state index contributed by atoms with van der Waals surface area (Å²) in [6, 6.07) is 10.2. The number of halogens is 1. The molecule has 1 N–H and O–H groups in total. The zero-order valence-corrected chi connectivity index (χ0v) is 13.8. The van der Waals surface area contributed by atoms with Gasteiger partial charge in [0.05, 0.1) is 6.04 Å². The highest BCUT2D eigenvalue weighted by atomic mass is 35.5. The Morgan fingerprint density at radius 2 is 2.05 bits per heavy atom. The van der Waals surface area contributed by atoms with Crippen LogP contribution in [0, 0.1) is 0 Å². The summed E-state index contributed by atoms with van der Waals surface area (Å²) < 4.78 is 0. The molecule has 0 saturated heterocycles. The highest BCUT2D eigenvalue weighted by Gasteiger charge is 2.21. The van der Waals surface area contributed by atoms with Gasteiger partial charge in [-0.1, -0.05) is 12.1 Å². The lowest BCUT2D eigenvalue weighted by Gasteiger charge is -2.24. The van der Waals surface area contributed by atoms with Gasteiger partial charge in [-0.05, 0) is 41.6 Å². The average molecular weight is 323 g/mol. The van der Waals surface area contributed by atoms with Crippen LogP contribution in [-0.2, 0) is 13.1 Å². The molecule has 1 atom stereocenters. The number of rotatable bonds is 3. The van der Waals surface area contributed by atoms with Crippen LogP contribution in [0.25, 0.3) is 0 Å². The third kappa shape index (κ3) is 3.12. The fraction of sp³-hybridized carbons (Fsp3) is 0.312. The molecule has 0 fully saturated rings. The van der Waals surface area contributed by atoms with Gasteiger partial charge in [0, 0.05) is 30.6 Å². The van der Waals surface area contributed by atoms with Gasteiger partial charge in [0.1, 0.15) is 0 Å². The molecule has 5 heteroatoms. The van der Waals surface area contributed by atoms with Crippen LogP contribution in [0.2, 0.25) is 0 Å². The van der Waals surface area contributed by atoms with E-state index in [2.05, 4.69) is 24.4 Å². The summed E-state index contributed by atoms with van der Waals surface area (Å²) >= 11 is 1.69. The van der Waals surface area contributed by atoms with E-state index in [9.17, 15) is 4.79 Å². The molecule has 112 valence electrons. The number of benzene rings is 1. The molecule has 1 aliphatic heterocycles. The first-order chi connectivity index (χ1) is 9.66. The summed E-state index contributed by atoms with van der Waals surface area (Å²) in [6.45, 7) is 3.84. The molecule has 0 spiro atoms. The second-order valence-corrected chi connectivity index (χ2v) is 6.17. The number of thiophene rings is 1. The van der Waals surface area contributed by atoms with E-state index in [1.807, 2.05) is 35.5 Å². The smallest absolute Gasteiger partial charge is 0.254 e. The fourth-order valence-corrected chi connectivity index (χ4v) is 3.35. The van der Waals surface area contributed by atoms with Crippen LogP contribution in [0.5, 0.6) is 0 Å². The number of hydrogen-bond acceptors (Lipinski definition) is 3. The molecule has 21 heavy (non-hydrogen) atoms.